The number of anilines is 1. The van der Waals surface area contributed by atoms with Gasteiger partial charge < -0.3 is 15.5 Å². The summed E-state index contributed by atoms with van der Waals surface area (Å²) in [7, 11) is -1.55. The molecule has 0 unspecified atom stereocenters. The minimum atomic E-state index is -3.48. The number of hydrogen-bond acceptors (Lipinski definition) is 8. The maximum absolute atomic E-state index is 11.5. The van der Waals surface area contributed by atoms with Crippen LogP contribution in [0.2, 0.25) is 0 Å². The minimum Gasteiger partial charge on any atom is -0.378 e. The summed E-state index contributed by atoms with van der Waals surface area (Å²) in [6.45, 7) is 2.60. The first-order chi connectivity index (χ1) is 10.8. The number of guanidine groups is 1. The average Bonchev–Trinajstić information content (AvgIpc) is 2.88. The van der Waals surface area contributed by atoms with Crippen LogP contribution in [0.3, 0.4) is 0 Å². The van der Waals surface area contributed by atoms with Gasteiger partial charge in [-0.05, 0) is 12.1 Å². The first-order valence-corrected chi connectivity index (χ1v) is 8.90. The average molecular weight is 341 g/mol. The van der Waals surface area contributed by atoms with Crippen LogP contribution in [0.1, 0.15) is 0 Å². The Bertz CT molecular complexity index is 732. The molecule has 1 aromatic rings. The Morgan fingerprint density at radius 2 is 2.04 bits per heavy atom. The van der Waals surface area contributed by atoms with Crippen molar-refractivity contribution in [3.05, 3.63) is 28.3 Å². The second-order valence-corrected chi connectivity index (χ2v) is 7.20. The third-order valence-electron chi connectivity index (χ3n) is 3.38. The summed E-state index contributed by atoms with van der Waals surface area (Å²) in [6.07, 6.45) is 1.02. The Morgan fingerprint density at radius 1 is 1.35 bits per heavy atom. The number of sulfone groups is 1. The summed E-state index contributed by atoms with van der Waals surface area (Å²) in [5.41, 5.74) is 0.0224. The smallest absolute Gasteiger partial charge is 0.293 e. The van der Waals surface area contributed by atoms with Crippen molar-refractivity contribution >= 4 is 27.2 Å². The monoisotopic (exact) mass is 341 g/mol. The van der Waals surface area contributed by atoms with Crippen LogP contribution in [0.5, 0.6) is 0 Å². The predicted octanol–water partition coefficient (Wildman–Crippen LogP) is 0.301. The molecule has 0 atom stereocenters. The number of likely N-dealkylation sites (N-methyl/N-ethyl adjacent to an activating group) is 1. The molecule has 0 bridgehead atoms. The van der Waals surface area contributed by atoms with Gasteiger partial charge in [-0.15, -0.1) is 0 Å². The summed E-state index contributed by atoms with van der Waals surface area (Å²) >= 11 is 0. The molecule has 1 heterocycles. The van der Waals surface area contributed by atoms with Crippen LogP contribution in [-0.2, 0) is 9.84 Å². The molecule has 0 aliphatic carbocycles. The zero-order chi connectivity index (χ0) is 17.0. The molecule has 1 aromatic carbocycles. The van der Waals surface area contributed by atoms with Gasteiger partial charge in [0.25, 0.3) is 5.69 Å². The van der Waals surface area contributed by atoms with Crippen LogP contribution >= 0.6 is 0 Å². The molecule has 23 heavy (non-hydrogen) atoms. The maximum atomic E-state index is 11.5. The molecule has 0 saturated heterocycles. The number of rotatable bonds is 6. The number of nitro benzene ring substituents is 1. The molecule has 9 nitrogen and oxygen atoms in total. The molecule has 0 aromatic heterocycles. The van der Waals surface area contributed by atoms with Crippen LogP contribution in [0.15, 0.2) is 28.1 Å². The molecule has 2 rings (SSSR count). The van der Waals surface area contributed by atoms with Gasteiger partial charge in [0.1, 0.15) is 5.69 Å². The van der Waals surface area contributed by atoms with Gasteiger partial charge in [-0.3, -0.25) is 15.1 Å². The van der Waals surface area contributed by atoms with Crippen molar-refractivity contribution in [3.8, 4) is 0 Å². The lowest BCUT2D eigenvalue weighted by Gasteiger charge is -2.15. The second kappa shape index (κ2) is 6.82. The van der Waals surface area contributed by atoms with Gasteiger partial charge in [0.2, 0.25) is 0 Å². The Hall–Kier alpha value is -2.36. The van der Waals surface area contributed by atoms with Crippen LogP contribution in [-0.4, -0.2) is 63.7 Å². The Balaban J connectivity index is 2.00. The van der Waals surface area contributed by atoms with E-state index in [0.717, 1.165) is 31.4 Å². The quantitative estimate of drug-likeness (QED) is 0.434. The summed E-state index contributed by atoms with van der Waals surface area (Å²) in [5, 5.41) is 17.2. The van der Waals surface area contributed by atoms with E-state index < -0.39 is 14.8 Å². The first kappa shape index (κ1) is 17.0. The molecule has 0 radical (unpaired) electrons. The summed E-state index contributed by atoms with van der Waals surface area (Å²) < 4.78 is 23.0. The number of nitro groups is 1. The molecule has 126 valence electrons. The lowest BCUT2D eigenvalue weighted by Crippen LogP contribution is -2.37. The normalized spacial score (nSPS) is 14.5. The molecule has 1 aliphatic rings. The van der Waals surface area contributed by atoms with E-state index >= 15 is 0 Å². The topological polar surface area (TPSA) is 117 Å². The standard InChI is InChI=1S/C13H19N5O4S/c1-17-8-7-16-13(17)15-6-5-14-11-4-3-10(23(2,21)22)9-12(11)18(19)20/h3-4,9,14H,5-8H2,1-2H3,(H,15,16). The first-order valence-electron chi connectivity index (χ1n) is 7.01. The summed E-state index contributed by atoms with van der Waals surface area (Å²) in [5.74, 6) is 0.800. The van der Waals surface area contributed by atoms with E-state index in [1.165, 1.54) is 12.1 Å². The number of aliphatic imine (C=N–C) groups is 1. The molecule has 0 fully saturated rings. The SMILES string of the molecule is CN1CCN=C1NCCNc1ccc(S(C)(=O)=O)cc1[N+](=O)[O-]. The maximum Gasteiger partial charge on any atom is 0.293 e. The van der Waals surface area contributed by atoms with Crippen molar-refractivity contribution in [2.24, 2.45) is 4.99 Å². The van der Waals surface area contributed by atoms with Crippen molar-refractivity contribution < 1.29 is 13.3 Å². The van der Waals surface area contributed by atoms with Gasteiger partial charge in [0.15, 0.2) is 15.8 Å². The van der Waals surface area contributed by atoms with Gasteiger partial charge >= 0.3 is 0 Å². The van der Waals surface area contributed by atoms with E-state index in [4.69, 9.17) is 0 Å². The predicted molar refractivity (Wildman–Crippen MR) is 87.6 cm³/mol. The van der Waals surface area contributed by atoms with E-state index in [0.29, 0.717) is 13.1 Å². The highest BCUT2D eigenvalue weighted by Gasteiger charge is 2.18. The third kappa shape index (κ3) is 4.31. The molecule has 0 spiro atoms. The number of benzene rings is 1. The fourth-order valence-electron chi connectivity index (χ4n) is 2.14. The Labute approximate surface area is 134 Å². The summed E-state index contributed by atoms with van der Waals surface area (Å²) in [4.78, 5) is 16.7. The van der Waals surface area contributed by atoms with Crippen molar-refractivity contribution in [2.75, 3.05) is 44.8 Å². The van der Waals surface area contributed by atoms with Gasteiger partial charge in [0.05, 0.1) is 16.4 Å². The number of hydrogen-bond donors (Lipinski definition) is 2. The molecular weight excluding hydrogens is 322 g/mol. The zero-order valence-electron chi connectivity index (χ0n) is 12.9. The number of nitrogens with zero attached hydrogens (tertiary/aromatic N) is 3. The van der Waals surface area contributed by atoms with E-state index in [1.54, 1.807) is 0 Å². The fraction of sp³-hybridized carbons (Fsp3) is 0.462. The molecular formula is C13H19N5O4S. The van der Waals surface area contributed by atoms with Gasteiger partial charge in [-0.1, -0.05) is 0 Å². The molecule has 0 saturated carbocycles. The highest BCUT2D eigenvalue weighted by atomic mass is 32.2. The highest BCUT2D eigenvalue weighted by Crippen LogP contribution is 2.27. The number of nitrogens with one attached hydrogen (secondary N) is 2. The largest absolute Gasteiger partial charge is 0.378 e. The lowest BCUT2D eigenvalue weighted by molar-refractivity contribution is -0.384. The van der Waals surface area contributed by atoms with E-state index in [-0.39, 0.29) is 16.3 Å². The van der Waals surface area contributed by atoms with Crippen LogP contribution in [0.4, 0.5) is 11.4 Å². The highest BCUT2D eigenvalue weighted by molar-refractivity contribution is 7.90. The molecule has 0 amide bonds. The van der Waals surface area contributed by atoms with E-state index in [2.05, 4.69) is 15.6 Å². The Kier molecular flexibility index (Phi) is 5.04. The molecule has 1 aliphatic heterocycles. The Morgan fingerprint density at radius 3 is 2.61 bits per heavy atom. The third-order valence-corrected chi connectivity index (χ3v) is 4.49. The molecule has 2 N–H and O–H groups in total. The second-order valence-electron chi connectivity index (χ2n) is 5.19. The van der Waals surface area contributed by atoms with E-state index in [9.17, 15) is 18.5 Å². The van der Waals surface area contributed by atoms with Gasteiger partial charge in [0, 0.05) is 39.0 Å². The summed E-state index contributed by atoms with van der Waals surface area (Å²) in [6, 6.07) is 3.83. The fourth-order valence-corrected chi connectivity index (χ4v) is 2.78. The van der Waals surface area contributed by atoms with Crippen LogP contribution in [0, 0.1) is 10.1 Å². The lowest BCUT2D eigenvalue weighted by atomic mass is 10.2. The zero-order valence-corrected chi connectivity index (χ0v) is 13.8. The van der Waals surface area contributed by atoms with Crippen molar-refractivity contribution in [2.45, 2.75) is 4.90 Å². The van der Waals surface area contributed by atoms with E-state index in [1.807, 2.05) is 11.9 Å². The van der Waals surface area contributed by atoms with Crippen LogP contribution in [0.25, 0.3) is 0 Å². The minimum absolute atomic E-state index is 0.0742. The van der Waals surface area contributed by atoms with Gasteiger partial charge in [-0.25, -0.2) is 8.42 Å². The molecule has 10 heteroatoms. The van der Waals surface area contributed by atoms with Crippen molar-refractivity contribution in [3.63, 3.8) is 0 Å². The van der Waals surface area contributed by atoms with Gasteiger partial charge in [-0.2, -0.15) is 0 Å². The van der Waals surface area contributed by atoms with Crippen molar-refractivity contribution in [1.82, 2.24) is 10.2 Å². The van der Waals surface area contributed by atoms with Crippen LogP contribution < -0.4 is 10.6 Å². The van der Waals surface area contributed by atoms with Crippen molar-refractivity contribution in [1.29, 1.82) is 0 Å².